The van der Waals surface area contributed by atoms with Crippen molar-refractivity contribution in [1.29, 1.82) is 0 Å². The van der Waals surface area contributed by atoms with Crippen molar-refractivity contribution in [1.82, 2.24) is 0 Å². The topological polar surface area (TPSA) is 47.3 Å². The molecule has 1 aromatic heterocycles. The Bertz CT molecular complexity index is 2360. The molecule has 48 heavy (non-hydrogen) atoms. The molecular weight excluding hydrogens is 588 g/mol. The highest BCUT2D eigenvalue weighted by Gasteiger charge is 2.36. The van der Waals surface area contributed by atoms with E-state index in [1.807, 2.05) is 88.4 Å². The quantitative estimate of drug-likeness (QED) is 0.0976. The Kier molecular flexibility index (Phi) is 8.49. The Morgan fingerprint density at radius 1 is 0.812 bits per heavy atom. The van der Waals surface area contributed by atoms with Gasteiger partial charge in [-0.15, -0.1) is 0 Å². The van der Waals surface area contributed by atoms with Crippen LogP contribution in [0.15, 0.2) is 154 Å². The summed E-state index contributed by atoms with van der Waals surface area (Å²) in [5.41, 5.74) is 12.6. The van der Waals surface area contributed by atoms with Gasteiger partial charge in [0.25, 0.3) is 0 Å². The number of carbonyl (C=O) groups is 1. The van der Waals surface area contributed by atoms with Crippen LogP contribution < -0.4 is 5.43 Å². The molecule has 1 aliphatic carbocycles. The summed E-state index contributed by atoms with van der Waals surface area (Å²) in [5.74, 6) is -0.0546. The van der Waals surface area contributed by atoms with Gasteiger partial charge in [0.1, 0.15) is 11.2 Å². The van der Waals surface area contributed by atoms with Gasteiger partial charge in [0, 0.05) is 16.6 Å². The maximum absolute atomic E-state index is 13.7. The highest BCUT2D eigenvalue weighted by molar-refractivity contribution is 6.14. The Labute approximate surface area is 282 Å². The number of ketones is 1. The van der Waals surface area contributed by atoms with Crippen LogP contribution in [0.3, 0.4) is 0 Å². The van der Waals surface area contributed by atoms with Crippen molar-refractivity contribution in [3.8, 4) is 22.3 Å². The summed E-state index contributed by atoms with van der Waals surface area (Å²) in [6, 6.07) is 26.4. The summed E-state index contributed by atoms with van der Waals surface area (Å²) in [5, 5.41) is 1.16. The molecule has 6 rings (SSSR count). The van der Waals surface area contributed by atoms with E-state index in [0.29, 0.717) is 38.7 Å². The summed E-state index contributed by atoms with van der Waals surface area (Å²) < 4.78 is 6.05. The number of fused-ring (bicyclic) bond motifs is 5. The molecule has 0 fully saturated rings. The standard InChI is InChI=1S/C45H40O3/c1-9-11-14-33(27(3)4)43(46)37(28(5)6)23-29(10-2)31-17-20-34-35-21-18-32(26-40(35)45(7,8)39(34)25-31)30-19-22-42-38(24-30)44(47)36-15-12-13-16-41(36)48-42/h9-26H,1,5H2,2-4,6-8H3/b14-11-,29-10+,37-23+. The van der Waals surface area contributed by atoms with E-state index in [-0.39, 0.29) is 16.6 Å². The molecule has 3 heteroatoms. The van der Waals surface area contributed by atoms with E-state index >= 15 is 0 Å². The summed E-state index contributed by atoms with van der Waals surface area (Å²) in [7, 11) is 0. The average molecular weight is 629 g/mol. The van der Waals surface area contributed by atoms with Crippen LogP contribution in [-0.4, -0.2) is 5.78 Å². The van der Waals surface area contributed by atoms with Gasteiger partial charge in [0.05, 0.1) is 10.8 Å². The van der Waals surface area contributed by atoms with Crippen LogP contribution in [0.5, 0.6) is 0 Å². The number of Topliss-reactive ketones (excluding diaryl/α,β-unsaturated/α-hetero) is 1. The van der Waals surface area contributed by atoms with Crippen LogP contribution in [0.2, 0.25) is 0 Å². The maximum Gasteiger partial charge on any atom is 0.200 e. The number of para-hydroxylation sites is 1. The van der Waals surface area contributed by atoms with Crippen LogP contribution in [-0.2, 0) is 10.2 Å². The monoisotopic (exact) mass is 628 g/mol. The van der Waals surface area contributed by atoms with Gasteiger partial charge >= 0.3 is 0 Å². The second kappa shape index (κ2) is 12.6. The fourth-order valence-electron chi connectivity index (χ4n) is 6.73. The lowest BCUT2D eigenvalue weighted by molar-refractivity contribution is -0.111. The molecule has 0 saturated heterocycles. The Hall–Kier alpha value is -5.54. The van der Waals surface area contributed by atoms with Crippen molar-refractivity contribution in [2.45, 2.75) is 47.0 Å². The summed E-state index contributed by atoms with van der Waals surface area (Å²) in [6.45, 7) is 20.2. The number of rotatable bonds is 8. The van der Waals surface area contributed by atoms with E-state index in [1.165, 1.54) is 22.3 Å². The summed E-state index contributed by atoms with van der Waals surface area (Å²) in [4.78, 5) is 27.1. The number of carbonyl (C=O) groups excluding carboxylic acids is 1. The minimum absolute atomic E-state index is 0.0224. The first-order chi connectivity index (χ1) is 23.0. The molecule has 4 aromatic carbocycles. The lowest BCUT2D eigenvalue weighted by Gasteiger charge is -2.23. The lowest BCUT2D eigenvalue weighted by atomic mass is 9.80. The SMILES string of the molecule is C=C/C=C\C(C(=O)/C(=C/C(=C\C)c1ccc2c(c1)C(C)(C)c1cc(-c3ccc4oc5ccccc5c(=O)c4c3)ccc1-2)C(=C)C)=C(C)C. The fraction of sp³-hybridized carbons (Fsp3) is 0.156. The first kappa shape index (κ1) is 32.4. The predicted octanol–water partition coefficient (Wildman–Crippen LogP) is 11.5. The number of hydrogen-bond acceptors (Lipinski definition) is 3. The number of allylic oxidation sites excluding steroid dienone is 10. The molecule has 3 nitrogen and oxygen atoms in total. The molecule has 0 aliphatic heterocycles. The van der Waals surface area contributed by atoms with Gasteiger partial charge in [-0.05, 0) is 120 Å². The van der Waals surface area contributed by atoms with Gasteiger partial charge in [-0.25, -0.2) is 0 Å². The molecule has 0 atom stereocenters. The van der Waals surface area contributed by atoms with Gasteiger partial charge in [0.2, 0.25) is 5.43 Å². The molecule has 0 bridgehead atoms. The van der Waals surface area contributed by atoms with Crippen LogP contribution in [0.25, 0.3) is 49.8 Å². The first-order valence-corrected chi connectivity index (χ1v) is 16.3. The zero-order valence-electron chi connectivity index (χ0n) is 28.5. The van der Waals surface area contributed by atoms with Crippen molar-refractivity contribution >= 4 is 33.3 Å². The second-order valence-electron chi connectivity index (χ2n) is 13.2. The minimum Gasteiger partial charge on any atom is -0.456 e. The van der Waals surface area contributed by atoms with Gasteiger partial charge in [-0.1, -0.05) is 99.3 Å². The molecular formula is C45H40O3. The van der Waals surface area contributed by atoms with Crippen molar-refractivity contribution < 1.29 is 9.21 Å². The Morgan fingerprint density at radius 2 is 1.46 bits per heavy atom. The van der Waals surface area contributed by atoms with Crippen molar-refractivity contribution in [2.24, 2.45) is 0 Å². The summed E-state index contributed by atoms with van der Waals surface area (Å²) >= 11 is 0. The molecule has 5 aromatic rings. The van der Waals surface area contributed by atoms with Gasteiger partial charge < -0.3 is 4.42 Å². The highest BCUT2D eigenvalue weighted by Crippen LogP contribution is 2.50. The van der Waals surface area contributed by atoms with E-state index in [9.17, 15) is 9.59 Å². The molecule has 238 valence electrons. The van der Waals surface area contributed by atoms with Crippen LogP contribution in [0, 0.1) is 0 Å². The van der Waals surface area contributed by atoms with E-state index < -0.39 is 0 Å². The molecule has 0 saturated carbocycles. The molecule has 1 heterocycles. The smallest absolute Gasteiger partial charge is 0.200 e. The van der Waals surface area contributed by atoms with Gasteiger partial charge in [0.15, 0.2) is 5.78 Å². The van der Waals surface area contributed by atoms with Crippen LogP contribution in [0.1, 0.15) is 58.2 Å². The zero-order valence-corrected chi connectivity index (χ0v) is 28.5. The third kappa shape index (κ3) is 5.56. The highest BCUT2D eigenvalue weighted by atomic mass is 16.3. The zero-order chi connectivity index (χ0) is 34.3. The number of hydrogen-bond donors (Lipinski definition) is 0. The van der Waals surface area contributed by atoms with E-state index in [2.05, 4.69) is 63.4 Å². The van der Waals surface area contributed by atoms with Gasteiger partial charge in [-0.3, -0.25) is 9.59 Å². The van der Waals surface area contributed by atoms with Crippen LogP contribution in [0.4, 0.5) is 0 Å². The van der Waals surface area contributed by atoms with E-state index in [1.54, 1.807) is 12.2 Å². The van der Waals surface area contributed by atoms with Crippen molar-refractivity contribution in [3.63, 3.8) is 0 Å². The second-order valence-corrected chi connectivity index (χ2v) is 13.2. The fourth-order valence-corrected chi connectivity index (χ4v) is 6.73. The van der Waals surface area contributed by atoms with E-state index in [0.717, 1.165) is 27.8 Å². The maximum atomic E-state index is 13.7. The molecule has 0 N–H and O–H groups in total. The van der Waals surface area contributed by atoms with Crippen LogP contribution >= 0.6 is 0 Å². The number of benzene rings is 4. The largest absolute Gasteiger partial charge is 0.456 e. The molecule has 0 spiro atoms. The normalized spacial score (nSPS) is 13.9. The van der Waals surface area contributed by atoms with E-state index in [4.69, 9.17) is 4.42 Å². The van der Waals surface area contributed by atoms with Crippen molar-refractivity contribution in [3.05, 3.63) is 172 Å². The average Bonchev–Trinajstić information content (AvgIpc) is 3.30. The minimum atomic E-state index is -0.275. The molecule has 0 radical (unpaired) electrons. The third-order valence-corrected chi connectivity index (χ3v) is 9.42. The predicted molar refractivity (Wildman–Crippen MR) is 202 cm³/mol. The van der Waals surface area contributed by atoms with Gasteiger partial charge in [-0.2, -0.15) is 0 Å². The Morgan fingerprint density at radius 3 is 2.15 bits per heavy atom. The third-order valence-electron chi connectivity index (χ3n) is 9.42. The summed E-state index contributed by atoms with van der Waals surface area (Å²) in [6.07, 6.45) is 9.29. The first-order valence-electron chi connectivity index (χ1n) is 16.3. The molecule has 0 amide bonds. The molecule has 1 aliphatic rings. The lowest BCUT2D eigenvalue weighted by Crippen LogP contribution is -2.15. The molecule has 0 unspecified atom stereocenters. The van der Waals surface area contributed by atoms with Crippen molar-refractivity contribution in [2.75, 3.05) is 0 Å². The Balaban J connectivity index is 1.39.